The van der Waals surface area contributed by atoms with Gasteiger partial charge in [-0.15, -0.1) is 12.4 Å². The van der Waals surface area contributed by atoms with E-state index in [1.807, 2.05) is 0 Å². The highest BCUT2D eigenvalue weighted by Crippen LogP contribution is 2.33. The second-order valence-corrected chi connectivity index (χ2v) is 5.92. The first-order valence-electron chi connectivity index (χ1n) is 7.59. The third kappa shape index (κ3) is 3.70. The largest absolute Gasteiger partial charge is 0.317 e. The molecule has 1 unspecified atom stereocenters. The van der Waals surface area contributed by atoms with E-state index in [9.17, 15) is 18.4 Å². The number of amides is 2. The zero-order chi connectivity index (χ0) is 15.7. The van der Waals surface area contributed by atoms with Gasteiger partial charge in [-0.05, 0) is 56.0 Å². The topological polar surface area (TPSA) is 58.2 Å². The maximum absolute atomic E-state index is 14.4. The van der Waals surface area contributed by atoms with Gasteiger partial charge in [0.15, 0.2) is 0 Å². The molecule has 7 heteroatoms. The van der Waals surface area contributed by atoms with E-state index in [2.05, 4.69) is 10.6 Å². The number of imide groups is 1. The van der Waals surface area contributed by atoms with E-state index in [1.165, 1.54) is 6.07 Å². The minimum atomic E-state index is -0.797. The quantitative estimate of drug-likeness (QED) is 0.810. The van der Waals surface area contributed by atoms with Crippen molar-refractivity contribution in [3.8, 4) is 0 Å². The summed E-state index contributed by atoms with van der Waals surface area (Å²) in [4.78, 5) is 23.0. The van der Waals surface area contributed by atoms with Gasteiger partial charge >= 0.3 is 0 Å². The van der Waals surface area contributed by atoms with Crippen molar-refractivity contribution in [1.29, 1.82) is 0 Å². The first-order chi connectivity index (χ1) is 10.6. The Hall–Kier alpha value is -1.53. The number of hydrogen-bond acceptors (Lipinski definition) is 3. The van der Waals surface area contributed by atoms with E-state index < -0.39 is 23.5 Å². The monoisotopic (exact) mass is 344 g/mol. The van der Waals surface area contributed by atoms with Crippen LogP contribution in [0.3, 0.4) is 0 Å². The van der Waals surface area contributed by atoms with E-state index in [-0.39, 0.29) is 42.6 Å². The van der Waals surface area contributed by atoms with Crippen LogP contribution in [-0.2, 0) is 9.59 Å². The fourth-order valence-corrected chi connectivity index (χ4v) is 3.28. The molecule has 4 nitrogen and oxygen atoms in total. The third-order valence-corrected chi connectivity index (χ3v) is 4.51. The lowest BCUT2D eigenvalue weighted by Crippen LogP contribution is -2.39. The molecule has 2 fully saturated rings. The summed E-state index contributed by atoms with van der Waals surface area (Å²) >= 11 is 0. The standard InChI is InChI=1S/C16H18F2N2O2.ClH/c17-13-8-12(10-1-2-15(21)20-16(10)22)14(18)7-11(13)9-3-5-19-6-4-9;/h7-10,19H,1-6H2,(H,20,21,22);1H. The molecule has 0 spiro atoms. The van der Waals surface area contributed by atoms with Gasteiger partial charge in [-0.3, -0.25) is 14.9 Å². The Kier molecular flexibility index (Phi) is 5.70. The van der Waals surface area contributed by atoms with Gasteiger partial charge in [0.25, 0.3) is 0 Å². The highest BCUT2D eigenvalue weighted by Gasteiger charge is 2.31. The van der Waals surface area contributed by atoms with Gasteiger partial charge in [-0.2, -0.15) is 0 Å². The van der Waals surface area contributed by atoms with Crippen molar-refractivity contribution in [3.63, 3.8) is 0 Å². The second kappa shape index (κ2) is 7.36. The zero-order valence-electron chi connectivity index (χ0n) is 12.5. The lowest BCUT2D eigenvalue weighted by molar-refractivity contribution is -0.134. The zero-order valence-corrected chi connectivity index (χ0v) is 13.3. The van der Waals surface area contributed by atoms with E-state index in [0.29, 0.717) is 5.56 Å². The fraction of sp³-hybridized carbons (Fsp3) is 0.500. The molecular weight excluding hydrogens is 326 g/mol. The van der Waals surface area contributed by atoms with Crippen LogP contribution in [0.1, 0.15) is 48.6 Å². The normalized spacial score (nSPS) is 22.4. The van der Waals surface area contributed by atoms with Crippen LogP contribution in [-0.4, -0.2) is 24.9 Å². The molecule has 2 aliphatic heterocycles. The molecule has 0 radical (unpaired) electrons. The first kappa shape index (κ1) is 17.8. The number of piperidine rings is 2. The molecule has 0 saturated carbocycles. The first-order valence-corrected chi connectivity index (χ1v) is 7.59. The maximum atomic E-state index is 14.4. The summed E-state index contributed by atoms with van der Waals surface area (Å²) in [5, 5.41) is 5.37. The van der Waals surface area contributed by atoms with Crippen molar-refractivity contribution >= 4 is 24.2 Å². The van der Waals surface area contributed by atoms with Crippen molar-refractivity contribution < 1.29 is 18.4 Å². The van der Waals surface area contributed by atoms with Crippen LogP contribution in [0.2, 0.25) is 0 Å². The molecule has 1 atom stereocenters. The van der Waals surface area contributed by atoms with Gasteiger partial charge in [0, 0.05) is 12.0 Å². The Morgan fingerprint density at radius 3 is 2.22 bits per heavy atom. The summed E-state index contributed by atoms with van der Waals surface area (Å²) in [5.41, 5.74) is 0.426. The molecule has 1 aromatic rings. The lowest BCUT2D eigenvalue weighted by atomic mass is 9.85. The van der Waals surface area contributed by atoms with Gasteiger partial charge in [0.05, 0.1) is 5.92 Å². The molecule has 1 aromatic carbocycles. The van der Waals surface area contributed by atoms with Crippen LogP contribution in [0, 0.1) is 11.6 Å². The summed E-state index contributed by atoms with van der Waals surface area (Å²) in [7, 11) is 0. The van der Waals surface area contributed by atoms with Crippen molar-refractivity contribution in [3.05, 3.63) is 34.9 Å². The Bertz CT molecular complexity index is 618. The predicted molar refractivity (Wildman–Crippen MR) is 83.6 cm³/mol. The Balaban J connectivity index is 0.00000192. The third-order valence-electron chi connectivity index (χ3n) is 4.51. The van der Waals surface area contributed by atoms with Crippen LogP contribution in [0.5, 0.6) is 0 Å². The second-order valence-electron chi connectivity index (χ2n) is 5.92. The highest BCUT2D eigenvalue weighted by atomic mass is 35.5. The molecule has 2 saturated heterocycles. The summed E-state index contributed by atoms with van der Waals surface area (Å²) < 4.78 is 28.8. The van der Waals surface area contributed by atoms with Crippen LogP contribution < -0.4 is 10.6 Å². The SMILES string of the molecule is Cl.O=C1CCC(c2cc(F)c(C3CCNCC3)cc2F)C(=O)N1. The molecule has 2 N–H and O–H groups in total. The Morgan fingerprint density at radius 2 is 1.57 bits per heavy atom. The molecular formula is C16H19ClF2N2O2. The van der Waals surface area contributed by atoms with Gasteiger partial charge in [0.1, 0.15) is 11.6 Å². The van der Waals surface area contributed by atoms with Crippen LogP contribution >= 0.6 is 12.4 Å². The highest BCUT2D eigenvalue weighted by molar-refractivity contribution is 6.00. The summed E-state index contributed by atoms with van der Waals surface area (Å²) in [6.45, 7) is 1.58. The summed E-state index contributed by atoms with van der Waals surface area (Å²) in [6.07, 6.45) is 1.91. The molecule has 0 aromatic heterocycles. The Morgan fingerprint density at radius 1 is 0.957 bits per heavy atom. The number of hydrogen-bond donors (Lipinski definition) is 2. The number of carbonyl (C=O) groups excluding carboxylic acids is 2. The van der Waals surface area contributed by atoms with Gasteiger partial charge < -0.3 is 5.32 Å². The number of halogens is 3. The number of nitrogens with one attached hydrogen (secondary N) is 2. The average molecular weight is 345 g/mol. The van der Waals surface area contributed by atoms with E-state index >= 15 is 0 Å². The van der Waals surface area contributed by atoms with E-state index in [1.54, 1.807) is 0 Å². The van der Waals surface area contributed by atoms with E-state index in [0.717, 1.165) is 32.0 Å². The summed E-state index contributed by atoms with van der Waals surface area (Å²) in [6, 6.07) is 2.36. The van der Waals surface area contributed by atoms with Crippen LogP contribution in [0.4, 0.5) is 8.78 Å². The van der Waals surface area contributed by atoms with Gasteiger partial charge in [0.2, 0.25) is 11.8 Å². The molecule has 2 heterocycles. The van der Waals surface area contributed by atoms with Crippen molar-refractivity contribution in [2.75, 3.05) is 13.1 Å². The van der Waals surface area contributed by atoms with Crippen molar-refractivity contribution in [2.24, 2.45) is 0 Å². The number of carbonyl (C=O) groups is 2. The maximum Gasteiger partial charge on any atom is 0.234 e. The molecule has 0 aliphatic carbocycles. The minimum Gasteiger partial charge on any atom is -0.317 e. The van der Waals surface area contributed by atoms with Crippen molar-refractivity contribution in [2.45, 2.75) is 37.5 Å². The molecule has 126 valence electrons. The Labute approximate surface area is 139 Å². The molecule has 2 amide bonds. The average Bonchev–Trinajstić information content (AvgIpc) is 2.50. The predicted octanol–water partition coefficient (Wildman–Crippen LogP) is 2.37. The molecule has 3 rings (SSSR count). The van der Waals surface area contributed by atoms with Crippen LogP contribution in [0.25, 0.3) is 0 Å². The molecule has 0 bridgehead atoms. The lowest BCUT2D eigenvalue weighted by Gasteiger charge is -2.25. The number of rotatable bonds is 2. The molecule has 23 heavy (non-hydrogen) atoms. The molecule has 2 aliphatic rings. The fourth-order valence-electron chi connectivity index (χ4n) is 3.28. The van der Waals surface area contributed by atoms with Gasteiger partial charge in [-0.1, -0.05) is 0 Å². The number of benzene rings is 1. The smallest absolute Gasteiger partial charge is 0.234 e. The van der Waals surface area contributed by atoms with Crippen LogP contribution in [0.15, 0.2) is 12.1 Å². The minimum absolute atomic E-state index is 0. The van der Waals surface area contributed by atoms with Gasteiger partial charge in [-0.25, -0.2) is 8.78 Å². The van der Waals surface area contributed by atoms with E-state index in [4.69, 9.17) is 0 Å². The van der Waals surface area contributed by atoms with Crippen molar-refractivity contribution in [1.82, 2.24) is 10.6 Å². The summed E-state index contributed by atoms with van der Waals surface area (Å²) in [5.74, 6) is -2.74.